The third-order valence-electron chi connectivity index (χ3n) is 3.13. The summed E-state index contributed by atoms with van der Waals surface area (Å²) in [6, 6.07) is 14.8. The molecule has 5 heteroatoms. The third kappa shape index (κ3) is 2.67. The molecule has 1 aliphatic heterocycles. The molecule has 0 fully saturated rings. The molecule has 104 valence electrons. The number of carbonyl (C=O) groups is 1. The second kappa shape index (κ2) is 5.58. The van der Waals surface area contributed by atoms with Crippen molar-refractivity contribution >= 4 is 23.5 Å². The second-order valence-electron chi connectivity index (χ2n) is 4.47. The Kier molecular flexibility index (Phi) is 3.47. The molecule has 2 aromatic rings. The highest BCUT2D eigenvalue weighted by molar-refractivity contribution is 6.53. The number of nitrogens with zero attached hydrogens (tertiary/aromatic N) is 2. The summed E-state index contributed by atoms with van der Waals surface area (Å²) in [7, 11) is 1.62. The maximum atomic E-state index is 11.8. The minimum absolute atomic E-state index is 0.233. The van der Waals surface area contributed by atoms with Crippen LogP contribution in [-0.4, -0.2) is 24.9 Å². The van der Waals surface area contributed by atoms with Crippen LogP contribution in [0.2, 0.25) is 0 Å². The quantitative estimate of drug-likeness (QED) is 0.693. The summed E-state index contributed by atoms with van der Waals surface area (Å²) >= 11 is 0. The van der Waals surface area contributed by atoms with Gasteiger partial charge in [-0.3, -0.25) is 4.79 Å². The van der Waals surface area contributed by atoms with Crippen LogP contribution in [0.25, 0.3) is 0 Å². The molecule has 2 aromatic carbocycles. The second-order valence-corrected chi connectivity index (χ2v) is 4.47. The van der Waals surface area contributed by atoms with E-state index in [0.29, 0.717) is 5.71 Å². The predicted molar refractivity (Wildman–Crippen MR) is 82.2 cm³/mol. The first kappa shape index (κ1) is 13.1. The van der Waals surface area contributed by atoms with E-state index in [4.69, 9.17) is 4.74 Å². The molecule has 0 unspecified atom stereocenters. The lowest BCUT2D eigenvalue weighted by Gasteiger charge is -1.98. The molecular weight excluding hydrogens is 266 g/mol. The number of benzene rings is 2. The lowest BCUT2D eigenvalue weighted by atomic mass is 10.1. The average Bonchev–Trinajstić information content (AvgIpc) is 2.84. The lowest BCUT2D eigenvalue weighted by molar-refractivity contribution is -0.110. The van der Waals surface area contributed by atoms with Crippen molar-refractivity contribution in [1.29, 1.82) is 0 Å². The van der Waals surface area contributed by atoms with E-state index in [-0.39, 0.29) is 5.91 Å². The van der Waals surface area contributed by atoms with Crippen LogP contribution in [0.5, 0.6) is 5.75 Å². The number of nitrogens with one attached hydrogen (secondary N) is 1. The molecule has 1 N–H and O–H groups in total. The number of carbonyl (C=O) groups excluding carboxylic acids is 1. The number of ether oxygens (including phenoxy) is 1. The number of amides is 1. The Balaban J connectivity index is 1.82. The lowest BCUT2D eigenvalue weighted by Crippen LogP contribution is -2.13. The molecule has 0 atom stereocenters. The zero-order valence-corrected chi connectivity index (χ0v) is 11.4. The van der Waals surface area contributed by atoms with Crippen LogP contribution in [0.1, 0.15) is 11.1 Å². The van der Waals surface area contributed by atoms with Crippen LogP contribution in [0.15, 0.2) is 58.7 Å². The number of anilines is 1. The summed E-state index contributed by atoms with van der Waals surface area (Å²) in [4.78, 5) is 11.8. The monoisotopic (exact) mass is 279 g/mol. The summed E-state index contributed by atoms with van der Waals surface area (Å²) in [6.07, 6.45) is 1.60. The molecule has 0 saturated heterocycles. The van der Waals surface area contributed by atoms with Gasteiger partial charge in [0.1, 0.15) is 5.75 Å². The van der Waals surface area contributed by atoms with E-state index >= 15 is 0 Å². The fourth-order valence-electron chi connectivity index (χ4n) is 2.04. The first-order chi connectivity index (χ1) is 10.3. The van der Waals surface area contributed by atoms with E-state index in [1.807, 2.05) is 48.5 Å². The number of para-hydroxylation sites is 1. The van der Waals surface area contributed by atoms with Gasteiger partial charge in [-0.1, -0.05) is 18.2 Å². The number of hydrogen-bond acceptors (Lipinski definition) is 4. The Morgan fingerprint density at radius 2 is 1.86 bits per heavy atom. The summed E-state index contributed by atoms with van der Waals surface area (Å²) in [5, 5.41) is 10.8. The van der Waals surface area contributed by atoms with Crippen molar-refractivity contribution in [2.75, 3.05) is 12.4 Å². The molecule has 21 heavy (non-hydrogen) atoms. The minimum atomic E-state index is -0.233. The zero-order chi connectivity index (χ0) is 14.7. The van der Waals surface area contributed by atoms with Gasteiger partial charge in [0.15, 0.2) is 5.71 Å². The molecule has 0 aliphatic carbocycles. The van der Waals surface area contributed by atoms with Crippen LogP contribution < -0.4 is 10.1 Å². The van der Waals surface area contributed by atoms with Crippen LogP contribution in [-0.2, 0) is 4.79 Å². The molecule has 0 spiro atoms. The number of methoxy groups -OCH3 is 1. The van der Waals surface area contributed by atoms with Gasteiger partial charge in [0.05, 0.1) is 19.0 Å². The summed E-state index contributed by atoms with van der Waals surface area (Å²) in [5.74, 6) is 0.547. The van der Waals surface area contributed by atoms with Crippen molar-refractivity contribution in [3.05, 3.63) is 59.7 Å². The van der Waals surface area contributed by atoms with Crippen molar-refractivity contribution < 1.29 is 9.53 Å². The van der Waals surface area contributed by atoms with Crippen LogP contribution >= 0.6 is 0 Å². The highest BCUT2D eigenvalue weighted by Crippen LogP contribution is 2.22. The Hall–Kier alpha value is -2.95. The molecule has 1 heterocycles. The van der Waals surface area contributed by atoms with Gasteiger partial charge in [0.2, 0.25) is 0 Å². The molecule has 0 radical (unpaired) electrons. The fourth-order valence-corrected chi connectivity index (χ4v) is 2.04. The van der Waals surface area contributed by atoms with E-state index in [9.17, 15) is 4.79 Å². The highest BCUT2D eigenvalue weighted by Gasteiger charge is 2.25. The van der Waals surface area contributed by atoms with Gasteiger partial charge in [-0.05, 0) is 35.9 Å². The van der Waals surface area contributed by atoms with Crippen molar-refractivity contribution in [2.24, 2.45) is 10.2 Å². The molecule has 1 amide bonds. The van der Waals surface area contributed by atoms with Crippen LogP contribution in [0.3, 0.4) is 0 Å². The molecule has 1 aliphatic rings. The topological polar surface area (TPSA) is 63.1 Å². The summed E-state index contributed by atoms with van der Waals surface area (Å²) in [6.45, 7) is 0. The SMILES string of the molecule is COc1ccc(/C=N/N=C2\C(=O)Nc3ccccc32)cc1. The standard InChI is InChI=1S/C16H13N3O2/c1-21-12-8-6-11(7-9-12)10-17-19-15-13-4-2-3-5-14(13)18-16(15)20/h2-10H,1H3,(H,18,19,20)/b17-10+. The number of fused-ring (bicyclic) bond motifs is 1. The van der Waals surface area contributed by atoms with Crippen molar-refractivity contribution in [3.8, 4) is 5.75 Å². The van der Waals surface area contributed by atoms with E-state index < -0.39 is 0 Å². The zero-order valence-electron chi connectivity index (χ0n) is 11.4. The van der Waals surface area contributed by atoms with E-state index in [2.05, 4.69) is 15.5 Å². The minimum Gasteiger partial charge on any atom is -0.497 e. The van der Waals surface area contributed by atoms with Gasteiger partial charge in [0, 0.05) is 5.56 Å². The van der Waals surface area contributed by atoms with Crippen molar-refractivity contribution in [3.63, 3.8) is 0 Å². The number of rotatable bonds is 3. The molecule has 0 saturated carbocycles. The largest absolute Gasteiger partial charge is 0.497 e. The van der Waals surface area contributed by atoms with Crippen LogP contribution in [0.4, 0.5) is 5.69 Å². The Morgan fingerprint density at radius 3 is 2.62 bits per heavy atom. The first-order valence-corrected chi connectivity index (χ1v) is 6.44. The smallest absolute Gasteiger partial charge is 0.276 e. The molecule has 3 rings (SSSR count). The average molecular weight is 279 g/mol. The Labute approximate surface area is 122 Å². The van der Waals surface area contributed by atoms with E-state index in [0.717, 1.165) is 22.6 Å². The normalized spacial score (nSPS) is 15.3. The van der Waals surface area contributed by atoms with E-state index in [1.54, 1.807) is 13.3 Å². The summed E-state index contributed by atoms with van der Waals surface area (Å²) < 4.78 is 5.08. The predicted octanol–water partition coefficient (Wildman–Crippen LogP) is 2.47. The highest BCUT2D eigenvalue weighted by atomic mass is 16.5. The van der Waals surface area contributed by atoms with Gasteiger partial charge in [-0.15, -0.1) is 5.10 Å². The summed E-state index contributed by atoms with van der Waals surface area (Å²) in [5.41, 5.74) is 2.75. The van der Waals surface area contributed by atoms with Gasteiger partial charge < -0.3 is 10.1 Å². The molecule has 0 aromatic heterocycles. The van der Waals surface area contributed by atoms with E-state index in [1.165, 1.54) is 0 Å². The first-order valence-electron chi connectivity index (χ1n) is 6.44. The fraction of sp³-hybridized carbons (Fsp3) is 0.0625. The molecule has 5 nitrogen and oxygen atoms in total. The molecule has 0 bridgehead atoms. The van der Waals surface area contributed by atoms with Crippen molar-refractivity contribution in [2.45, 2.75) is 0 Å². The maximum Gasteiger partial charge on any atom is 0.276 e. The van der Waals surface area contributed by atoms with Gasteiger partial charge >= 0.3 is 0 Å². The maximum absolute atomic E-state index is 11.8. The van der Waals surface area contributed by atoms with Crippen LogP contribution in [0, 0.1) is 0 Å². The van der Waals surface area contributed by atoms with Gasteiger partial charge in [-0.25, -0.2) is 0 Å². The van der Waals surface area contributed by atoms with Gasteiger partial charge in [-0.2, -0.15) is 5.10 Å². The van der Waals surface area contributed by atoms with Crippen molar-refractivity contribution in [1.82, 2.24) is 0 Å². The molecular formula is C16H13N3O2. The Bertz CT molecular complexity index is 733. The van der Waals surface area contributed by atoms with Gasteiger partial charge in [0.25, 0.3) is 5.91 Å². The third-order valence-corrected chi connectivity index (χ3v) is 3.13. The number of hydrogen-bond donors (Lipinski definition) is 1. The Morgan fingerprint density at radius 1 is 1.10 bits per heavy atom.